The van der Waals surface area contributed by atoms with E-state index in [0.29, 0.717) is 38.4 Å². The zero-order valence-corrected chi connectivity index (χ0v) is 15.8. The van der Waals surface area contributed by atoms with Crippen LogP contribution in [0, 0.1) is 0 Å². The van der Waals surface area contributed by atoms with Gasteiger partial charge in [-0.3, -0.25) is 9.89 Å². The van der Waals surface area contributed by atoms with Crippen LogP contribution in [0.5, 0.6) is 0 Å². The Morgan fingerprint density at radius 1 is 1.14 bits per heavy atom. The van der Waals surface area contributed by atoms with Crippen LogP contribution in [-0.4, -0.2) is 15.7 Å². The number of carbonyl (C=O) groups excluding carboxylic acids is 1. The van der Waals surface area contributed by atoms with E-state index in [2.05, 4.69) is 11.7 Å². The number of aromatic amines is 1. The van der Waals surface area contributed by atoms with Crippen molar-refractivity contribution in [1.82, 2.24) is 9.78 Å². The van der Waals surface area contributed by atoms with Crippen LogP contribution >= 0.6 is 11.6 Å². The monoisotopic (exact) mass is 405 g/mol. The van der Waals surface area contributed by atoms with E-state index in [1.807, 2.05) is 0 Å². The summed E-state index contributed by atoms with van der Waals surface area (Å²) >= 11 is 5.90. The average Bonchev–Trinajstić information content (AvgIpc) is 3.29. The van der Waals surface area contributed by atoms with Crippen LogP contribution in [0.1, 0.15) is 16.1 Å². The fourth-order valence-corrected chi connectivity index (χ4v) is 3.07. The second kappa shape index (κ2) is 7.33. The van der Waals surface area contributed by atoms with E-state index in [4.69, 9.17) is 16.0 Å². The normalized spacial score (nSPS) is 11.7. The van der Waals surface area contributed by atoms with Gasteiger partial charge in [0.05, 0.1) is 22.2 Å². The lowest BCUT2D eigenvalue weighted by Gasteiger charge is -2.03. The number of H-pyrrole nitrogens is 1. The zero-order valence-electron chi connectivity index (χ0n) is 15.0. The van der Waals surface area contributed by atoms with Gasteiger partial charge in [-0.1, -0.05) is 36.4 Å². The molecule has 0 amide bonds. The molecule has 0 bridgehead atoms. The maximum absolute atomic E-state index is 12.8. The van der Waals surface area contributed by atoms with E-state index in [1.165, 1.54) is 16.8 Å². The number of carbonyl (C=O) groups is 1. The lowest BCUT2D eigenvalue weighted by atomic mass is 10.1. The van der Waals surface area contributed by atoms with E-state index < -0.39 is 5.97 Å². The Kier molecular flexibility index (Phi) is 4.70. The minimum atomic E-state index is -1.26. The topological polar surface area (TPSA) is 91.1 Å². The maximum Gasteiger partial charge on any atom is 0.279 e. The van der Waals surface area contributed by atoms with Gasteiger partial charge in [0.15, 0.2) is 0 Å². The summed E-state index contributed by atoms with van der Waals surface area (Å²) in [5, 5.41) is 15.3. The molecule has 2 aromatic heterocycles. The van der Waals surface area contributed by atoms with Crippen molar-refractivity contribution in [3.05, 3.63) is 97.9 Å². The Labute approximate surface area is 169 Å². The zero-order chi connectivity index (χ0) is 20.5. The number of rotatable bonds is 4. The van der Waals surface area contributed by atoms with Crippen LogP contribution in [0.4, 0.5) is 0 Å². The highest BCUT2D eigenvalue weighted by atomic mass is 35.5. The van der Waals surface area contributed by atoms with Crippen LogP contribution in [0.15, 0.2) is 69.9 Å². The molecule has 0 aliphatic heterocycles. The summed E-state index contributed by atoms with van der Waals surface area (Å²) in [5.41, 5.74) is 0.993. The summed E-state index contributed by atoms with van der Waals surface area (Å²) in [7, 11) is 0. The van der Waals surface area contributed by atoms with Gasteiger partial charge in [-0.05, 0) is 54.1 Å². The number of aromatic carboxylic acids is 1. The molecule has 4 rings (SSSR count). The molecule has 6 nitrogen and oxygen atoms in total. The molecule has 2 aromatic carbocycles. The number of hydrogen-bond acceptors (Lipinski definition) is 4. The Morgan fingerprint density at radius 2 is 1.90 bits per heavy atom. The lowest BCUT2D eigenvalue weighted by Crippen LogP contribution is -2.33. The highest BCUT2D eigenvalue weighted by Crippen LogP contribution is 2.23. The second-order valence-electron chi connectivity index (χ2n) is 6.34. The molecule has 0 aliphatic rings. The number of halogens is 1. The van der Waals surface area contributed by atoms with Gasteiger partial charge in [-0.25, -0.2) is 4.68 Å². The molecule has 4 aromatic rings. The predicted molar refractivity (Wildman–Crippen MR) is 108 cm³/mol. The van der Waals surface area contributed by atoms with Crippen LogP contribution in [0.3, 0.4) is 0 Å². The van der Waals surface area contributed by atoms with Crippen molar-refractivity contribution in [2.24, 2.45) is 0 Å². The number of carboxylic acid groups (broad SMARTS) is 1. The van der Waals surface area contributed by atoms with Gasteiger partial charge >= 0.3 is 0 Å². The van der Waals surface area contributed by atoms with Gasteiger partial charge in [0.2, 0.25) is 0 Å². The molecule has 144 valence electrons. The van der Waals surface area contributed by atoms with Gasteiger partial charge < -0.3 is 14.3 Å². The van der Waals surface area contributed by atoms with Gasteiger partial charge in [-0.2, -0.15) is 0 Å². The first kappa shape index (κ1) is 18.6. The molecule has 0 atom stereocenters. The van der Waals surface area contributed by atoms with Crippen LogP contribution < -0.4 is 21.2 Å². The van der Waals surface area contributed by atoms with E-state index in [1.54, 1.807) is 54.6 Å². The first-order chi connectivity index (χ1) is 13.9. The van der Waals surface area contributed by atoms with E-state index in [9.17, 15) is 14.7 Å². The standard InChI is InChI=1S/C22H15ClN2O4/c1-13-19(21(26)25(24-13)17-7-5-16(23)6-8-17)12-18-9-10-20(29-18)14-3-2-4-15(11-14)22(27)28/h2-12,24H,1H2,(H,27,28)/p-1/b19-12-. The first-order valence-corrected chi connectivity index (χ1v) is 8.99. The summed E-state index contributed by atoms with van der Waals surface area (Å²) in [6.45, 7) is 3.89. The fraction of sp³-hybridized carbons (Fsp3) is 0. The molecule has 0 spiro atoms. The quantitative estimate of drug-likeness (QED) is 0.559. The number of benzene rings is 2. The highest BCUT2D eigenvalue weighted by molar-refractivity contribution is 6.30. The molecule has 0 saturated carbocycles. The molecule has 0 radical (unpaired) electrons. The maximum atomic E-state index is 12.8. The number of nitrogens with zero attached hydrogens (tertiary/aromatic N) is 1. The molecule has 7 heteroatoms. The fourth-order valence-electron chi connectivity index (χ4n) is 2.94. The smallest absolute Gasteiger partial charge is 0.279 e. The third kappa shape index (κ3) is 3.66. The van der Waals surface area contributed by atoms with Crippen molar-refractivity contribution in [2.45, 2.75) is 0 Å². The predicted octanol–water partition coefficient (Wildman–Crippen LogP) is 1.68. The van der Waals surface area contributed by atoms with Crippen LogP contribution in [-0.2, 0) is 0 Å². The van der Waals surface area contributed by atoms with Gasteiger partial charge in [-0.15, -0.1) is 0 Å². The van der Waals surface area contributed by atoms with Crippen LogP contribution in [0.2, 0.25) is 5.02 Å². The summed E-state index contributed by atoms with van der Waals surface area (Å²) in [5.74, 6) is -0.358. The number of carboxylic acids is 1. The van der Waals surface area contributed by atoms with Gasteiger partial charge in [0, 0.05) is 10.6 Å². The lowest BCUT2D eigenvalue weighted by molar-refractivity contribution is -0.255. The SMILES string of the molecule is C=c1[nH]n(-c2ccc(Cl)cc2)c(=O)/c1=C\c1ccc(-c2cccc(C(=O)[O-])c2)o1. The third-order valence-electron chi connectivity index (χ3n) is 4.39. The van der Waals surface area contributed by atoms with Crippen molar-refractivity contribution < 1.29 is 14.3 Å². The summed E-state index contributed by atoms with van der Waals surface area (Å²) < 4.78 is 7.15. The summed E-state index contributed by atoms with van der Waals surface area (Å²) in [4.78, 5) is 23.8. The minimum Gasteiger partial charge on any atom is -0.545 e. The molecular weight excluding hydrogens is 392 g/mol. The number of nitrogens with one attached hydrogen (secondary N) is 1. The van der Waals surface area contributed by atoms with E-state index in [0.717, 1.165) is 0 Å². The van der Waals surface area contributed by atoms with Crippen molar-refractivity contribution in [3.8, 4) is 17.0 Å². The number of furan rings is 1. The average molecular weight is 406 g/mol. The molecule has 2 heterocycles. The Hall–Kier alpha value is -3.77. The summed E-state index contributed by atoms with van der Waals surface area (Å²) in [6, 6.07) is 16.5. The molecule has 29 heavy (non-hydrogen) atoms. The number of aromatic nitrogens is 2. The molecule has 0 aliphatic carbocycles. The molecular formula is C22H14ClN2O4-. The third-order valence-corrected chi connectivity index (χ3v) is 4.64. The summed E-state index contributed by atoms with van der Waals surface area (Å²) in [6.07, 6.45) is 1.58. The highest BCUT2D eigenvalue weighted by Gasteiger charge is 2.08. The second-order valence-corrected chi connectivity index (χ2v) is 6.77. The van der Waals surface area contributed by atoms with E-state index in [-0.39, 0.29) is 11.1 Å². The van der Waals surface area contributed by atoms with Crippen molar-refractivity contribution in [1.29, 1.82) is 0 Å². The van der Waals surface area contributed by atoms with E-state index >= 15 is 0 Å². The van der Waals surface area contributed by atoms with Crippen molar-refractivity contribution in [3.63, 3.8) is 0 Å². The molecule has 1 N–H and O–H groups in total. The van der Waals surface area contributed by atoms with Gasteiger partial charge in [0.1, 0.15) is 11.5 Å². The number of hydrogen-bond donors (Lipinski definition) is 1. The molecule has 0 fully saturated rings. The van der Waals surface area contributed by atoms with Crippen molar-refractivity contribution in [2.75, 3.05) is 0 Å². The molecule has 0 unspecified atom stereocenters. The largest absolute Gasteiger partial charge is 0.545 e. The van der Waals surface area contributed by atoms with Crippen molar-refractivity contribution >= 4 is 30.2 Å². The first-order valence-electron chi connectivity index (χ1n) is 8.61. The Bertz CT molecular complexity index is 1380. The Morgan fingerprint density at radius 3 is 2.62 bits per heavy atom. The minimum absolute atomic E-state index is 0.0564. The molecule has 0 saturated heterocycles. The van der Waals surface area contributed by atoms with Gasteiger partial charge in [0.25, 0.3) is 5.56 Å². The Balaban J connectivity index is 1.74. The van der Waals surface area contributed by atoms with Crippen LogP contribution in [0.25, 0.3) is 29.7 Å².